The number of carbonyl (C=O) groups excluding carboxylic acids is 1. The molecule has 0 spiro atoms. The van der Waals surface area contributed by atoms with Gasteiger partial charge >= 0.3 is 0 Å². The lowest BCUT2D eigenvalue weighted by Gasteiger charge is -2.17. The molecule has 1 N–H and O–H groups in total. The number of benzene rings is 2. The van der Waals surface area contributed by atoms with Crippen LogP contribution in [-0.4, -0.2) is 37.5 Å². The Morgan fingerprint density at radius 1 is 1.28 bits per heavy atom. The van der Waals surface area contributed by atoms with E-state index >= 15 is 0 Å². The van der Waals surface area contributed by atoms with E-state index in [1.54, 1.807) is 12.1 Å². The molecule has 1 saturated heterocycles. The highest BCUT2D eigenvalue weighted by molar-refractivity contribution is 5.94. The normalized spacial score (nSPS) is 16.9. The molecular formula is C20H23FN2O2. The van der Waals surface area contributed by atoms with Gasteiger partial charge in [-0.2, -0.15) is 0 Å². The van der Waals surface area contributed by atoms with Gasteiger partial charge in [-0.25, -0.2) is 4.39 Å². The maximum absolute atomic E-state index is 13.2. The van der Waals surface area contributed by atoms with Crippen LogP contribution in [-0.2, 0) is 6.61 Å². The van der Waals surface area contributed by atoms with Gasteiger partial charge in [-0.1, -0.05) is 18.2 Å². The highest BCUT2D eigenvalue weighted by atomic mass is 19.1. The zero-order valence-electron chi connectivity index (χ0n) is 14.4. The fourth-order valence-electron chi connectivity index (χ4n) is 3.17. The molecular weight excluding hydrogens is 319 g/mol. The molecule has 1 aliphatic heterocycles. The highest BCUT2D eigenvalue weighted by Crippen LogP contribution is 2.19. The van der Waals surface area contributed by atoms with E-state index in [1.165, 1.54) is 12.1 Å². The molecule has 1 heterocycles. The van der Waals surface area contributed by atoms with Gasteiger partial charge in [0.2, 0.25) is 0 Å². The van der Waals surface area contributed by atoms with Crippen LogP contribution < -0.4 is 10.1 Å². The first-order valence-corrected chi connectivity index (χ1v) is 8.57. The molecule has 4 nitrogen and oxygen atoms in total. The number of likely N-dealkylation sites (tertiary alicyclic amines) is 1. The average Bonchev–Trinajstić information content (AvgIpc) is 3.09. The first-order valence-electron chi connectivity index (χ1n) is 8.57. The second-order valence-electron chi connectivity index (χ2n) is 6.41. The zero-order valence-corrected chi connectivity index (χ0v) is 14.4. The minimum atomic E-state index is -0.327. The van der Waals surface area contributed by atoms with Gasteiger partial charge in [0.15, 0.2) is 0 Å². The number of hydrogen-bond donors (Lipinski definition) is 1. The van der Waals surface area contributed by atoms with Crippen LogP contribution in [0.4, 0.5) is 4.39 Å². The van der Waals surface area contributed by atoms with Crippen molar-refractivity contribution in [2.45, 2.75) is 13.0 Å². The Labute approximate surface area is 147 Å². The minimum absolute atomic E-state index is 0.0613. The van der Waals surface area contributed by atoms with Crippen molar-refractivity contribution in [3.8, 4) is 5.75 Å². The molecule has 0 radical (unpaired) electrons. The zero-order chi connectivity index (χ0) is 17.6. The predicted molar refractivity (Wildman–Crippen MR) is 95.1 cm³/mol. The number of ether oxygens (including phenoxy) is 1. The van der Waals surface area contributed by atoms with Gasteiger partial charge in [0, 0.05) is 24.7 Å². The Bertz CT molecular complexity index is 735. The molecule has 0 bridgehead atoms. The molecule has 0 saturated carbocycles. The van der Waals surface area contributed by atoms with Gasteiger partial charge in [-0.05, 0) is 55.8 Å². The maximum atomic E-state index is 13.2. The molecule has 25 heavy (non-hydrogen) atoms. The third-order valence-corrected chi connectivity index (χ3v) is 4.44. The summed E-state index contributed by atoms with van der Waals surface area (Å²) in [6.45, 7) is 2.83. The number of nitrogens with one attached hydrogen (secondary N) is 1. The molecule has 0 aromatic heterocycles. The van der Waals surface area contributed by atoms with E-state index in [1.807, 2.05) is 36.2 Å². The molecule has 1 fully saturated rings. The van der Waals surface area contributed by atoms with Gasteiger partial charge in [-0.15, -0.1) is 0 Å². The molecule has 0 aliphatic carbocycles. The first kappa shape index (κ1) is 17.4. The second kappa shape index (κ2) is 8.12. The molecule has 3 rings (SSSR count). The van der Waals surface area contributed by atoms with Crippen molar-refractivity contribution >= 4 is 5.91 Å². The van der Waals surface area contributed by atoms with Gasteiger partial charge in [0.1, 0.15) is 18.2 Å². The molecule has 1 atom stereocenters. The van der Waals surface area contributed by atoms with Crippen molar-refractivity contribution in [3.05, 3.63) is 65.5 Å². The van der Waals surface area contributed by atoms with Crippen LogP contribution in [0, 0.1) is 11.7 Å². The lowest BCUT2D eigenvalue weighted by Crippen LogP contribution is -2.30. The van der Waals surface area contributed by atoms with Crippen molar-refractivity contribution in [1.29, 1.82) is 0 Å². The van der Waals surface area contributed by atoms with Crippen LogP contribution in [0.3, 0.4) is 0 Å². The summed E-state index contributed by atoms with van der Waals surface area (Å²) < 4.78 is 18.8. The monoisotopic (exact) mass is 342 g/mol. The highest BCUT2D eigenvalue weighted by Gasteiger charge is 2.26. The number of rotatable bonds is 6. The van der Waals surface area contributed by atoms with E-state index < -0.39 is 0 Å². The lowest BCUT2D eigenvalue weighted by atomic mass is 10.1. The SMILES string of the molecule is CNC[C@H]1CCN(C(=O)c2cccc(COc3cccc(F)c3)c2)C1. The Morgan fingerprint density at radius 2 is 2.12 bits per heavy atom. The third kappa shape index (κ3) is 4.57. The summed E-state index contributed by atoms with van der Waals surface area (Å²) in [7, 11) is 1.94. The minimum Gasteiger partial charge on any atom is -0.489 e. The van der Waals surface area contributed by atoms with Crippen LogP contribution in [0.15, 0.2) is 48.5 Å². The van der Waals surface area contributed by atoms with Crippen LogP contribution in [0.5, 0.6) is 5.75 Å². The molecule has 1 aliphatic rings. The summed E-state index contributed by atoms with van der Waals surface area (Å²) in [5, 5.41) is 3.17. The number of nitrogens with zero attached hydrogens (tertiary/aromatic N) is 1. The van der Waals surface area contributed by atoms with Crippen LogP contribution >= 0.6 is 0 Å². The van der Waals surface area contributed by atoms with Crippen LogP contribution in [0.1, 0.15) is 22.3 Å². The van der Waals surface area contributed by atoms with Crippen LogP contribution in [0.2, 0.25) is 0 Å². The largest absolute Gasteiger partial charge is 0.489 e. The van der Waals surface area contributed by atoms with Gasteiger partial charge in [0.25, 0.3) is 5.91 Å². The summed E-state index contributed by atoms with van der Waals surface area (Å²) in [5.41, 5.74) is 1.56. The fourth-order valence-corrected chi connectivity index (χ4v) is 3.17. The van der Waals surface area contributed by atoms with E-state index in [0.717, 1.165) is 31.6 Å². The van der Waals surface area contributed by atoms with Crippen molar-refractivity contribution in [2.75, 3.05) is 26.7 Å². The summed E-state index contributed by atoms with van der Waals surface area (Å²) in [4.78, 5) is 14.6. The number of amides is 1. The number of hydrogen-bond acceptors (Lipinski definition) is 3. The Kier molecular flexibility index (Phi) is 5.66. The van der Waals surface area contributed by atoms with Gasteiger partial charge in [0.05, 0.1) is 0 Å². The fraction of sp³-hybridized carbons (Fsp3) is 0.350. The van der Waals surface area contributed by atoms with Crippen molar-refractivity contribution in [2.24, 2.45) is 5.92 Å². The summed E-state index contributed by atoms with van der Waals surface area (Å²) >= 11 is 0. The van der Waals surface area contributed by atoms with E-state index in [2.05, 4.69) is 5.32 Å². The predicted octanol–water partition coefficient (Wildman–Crippen LogP) is 3.09. The lowest BCUT2D eigenvalue weighted by molar-refractivity contribution is 0.0787. The Hall–Kier alpha value is -2.40. The number of halogens is 1. The molecule has 132 valence electrons. The smallest absolute Gasteiger partial charge is 0.253 e. The third-order valence-electron chi connectivity index (χ3n) is 4.44. The second-order valence-corrected chi connectivity index (χ2v) is 6.41. The topological polar surface area (TPSA) is 41.6 Å². The van der Waals surface area contributed by atoms with E-state index in [0.29, 0.717) is 23.8 Å². The molecule has 2 aromatic carbocycles. The van der Waals surface area contributed by atoms with Gasteiger partial charge < -0.3 is 15.0 Å². The molecule has 2 aromatic rings. The molecule has 0 unspecified atom stereocenters. The van der Waals surface area contributed by atoms with E-state index in [9.17, 15) is 9.18 Å². The molecule has 1 amide bonds. The quantitative estimate of drug-likeness (QED) is 0.877. The standard InChI is InChI=1S/C20H23FN2O2/c1-22-12-16-8-9-23(13-16)20(24)17-5-2-4-15(10-17)14-25-19-7-3-6-18(21)11-19/h2-7,10-11,16,22H,8-9,12-14H2,1H3/t16-/m1/s1. The summed E-state index contributed by atoms with van der Waals surface area (Å²) in [5.74, 6) is 0.734. The first-order chi connectivity index (χ1) is 12.2. The van der Waals surface area contributed by atoms with Crippen LogP contribution in [0.25, 0.3) is 0 Å². The summed E-state index contributed by atoms with van der Waals surface area (Å²) in [6, 6.07) is 13.5. The van der Waals surface area contributed by atoms with E-state index in [-0.39, 0.29) is 11.7 Å². The van der Waals surface area contributed by atoms with Crippen molar-refractivity contribution in [1.82, 2.24) is 10.2 Å². The van der Waals surface area contributed by atoms with Crippen molar-refractivity contribution < 1.29 is 13.9 Å². The number of carbonyl (C=O) groups is 1. The van der Waals surface area contributed by atoms with Crippen molar-refractivity contribution in [3.63, 3.8) is 0 Å². The summed E-state index contributed by atoms with van der Waals surface area (Å²) in [6.07, 6.45) is 1.04. The van der Waals surface area contributed by atoms with Gasteiger partial charge in [-0.3, -0.25) is 4.79 Å². The Morgan fingerprint density at radius 3 is 2.92 bits per heavy atom. The van der Waals surface area contributed by atoms with E-state index in [4.69, 9.17) is 4.74 Å². The Balaban J connectivity index is 1.62. The maximum Gasteiger partial charge on any atom is 0.253 e. The average molecular weight is 342 g/mol. The molecule has 5 heteroatoms.